The third kappa shape index (κ3) is 3.70. The van der Waals surface area contributed by atoms with Crippen LogP contribution in [-0.4, -0.2) is 41.5 Å². The van der Waals surface area contributed by atoms with Gasteiger partial charge in [0.2, 0.25) is 0 Å². The maximum absolute atomic E-state index is 12.9. The standard InChI is InChI=1S/C19H23N3O2S/c23-18(14-24-15-4-2-1-3-5-15)22(13-17-21-10-11-25-17)16-12-19(16)6-8-20-9-7-19/h1-5,10-11,16,20H,6-9,12-14H2. The van der Waals surface area contributed by atoms with Crippen molar-refractivity contribution in [3.8, 4) is 5.75 Å². The number of carbonyl (C=O) groups excluding carboxylic acids is 1. The zero-order chi connectivity index (χ0) is 17.1. The third-order valence-corrected chi connectivity index (χ3v) is 6.10. The van der Waals surface area contributed by atoms with E-state index >= 15 is 0 Å². The number of nitrogens with zero attached hydrogens (tertiary/aromatic N) is 2. The molecular formula is C19H23N3O2S. The normalized spacial score (nSPS) is 21.0. The molecule has 1 atom stereocenters. The predicted octanol–water partition coefficient (Wildman–Crippen LogP) is 2.69. The van der Waals surface area contributed by atoms with E-state index in [0.29, 0.717) is 18.0 Å². The second-order valence-electron chi connectivity index (χ2n) is 6.88. The molecule has 2 heterocycles. The monoisotopic (exact) mass is 357 g/mol. The van der Waals surface area contributed by atoms with Crippen LogP contribution in [0.25, 0.3) is 0 Å². The first kappa shape index (κ1) is 16.5. The van der Waals surface area contributed by atoms with Gasteiger partial charge in [-0.25, -0.2) is 4.98 Å². The van der Waals surface area contributed by atoms with Crippen molar-refractivity contribution in [3.63, 3.8) is 0 Å². The maximum atomic E-state index is 12.9. The van der Waals surface area contributed by atoms with Crippen LogP contribution in [0.2, 0.25) is 0 Å². The van der Waals surface area contributed by atoms with Gasteiger partial charge in [-0.1, -0.05) is 18.2 Å². The van der Waals surface area contributed by atoms with E-state index in [4.69, 9.17) is 4.74 Å². The Kier molecular flexibility index (Phi) is 4.72. The molecule has 1 amide bonds. The van der Waals surface area contributed by atoms with E-state index in [1.807, 2.05) is 40.6 Å². The topological polar surface area (TPSA) is 54.5 Å². The highest BCUT2D eigenvalue weighted by Gasteiger charge is 2.57. The number of amides is 1. The highest BCUT2D eigenvalue weighted by atomic mass is 32.1. The lowest BCUT2D eigenvalue weighted by molar-refractivity contribution is -0.135. The summed E-state index contributed by atoms with van der Waals surface area (Å²) in [5, 5.41) is 6.38. The fourth-order valence-corrected chi connectivity index (χ4v) is 4.44. The molecule has 2 aromatic rings. The van der Waals surface area contributed by atoms with E-state index in [9.17, 15) is 4.79 Å². The Hall–Kier alpha value is -1.92. The van der Waals surface area contributed by atoms with Gasteiger partial charge in [-0.3, -0.25) is 4.79 Å². The molecule has 25 heavy (non-hydrogen) atoms. The maximum Gasteiger partial charge on any atom is 0.261 e. The van der Waals surface area contributed by atoms with Crippen molar-refractivity contribution in [2.75, 3.05) is 19.7 Å². The molecule has 4 rings (SSSR count). The number of para-hydroxylation sites is 1. The molecule has 2 aliphatic rings. The van der Waals surface area contributed by atoms with Gasteiger partial charge in [0, 0.05) is 17.6 Å². The van der Waals surface area contributed by atoms with Crippen LogP contribution in [0.4, 0.5) is 0 Å². The second-order valence-corrected chi connectivity index (χ2v) is 7.86. The fraction of sp³-hybridized carbons (Fsp3) is 0.474. The van der Waals surface area contributed by atoms with Gasteiger partial charge in [0.05, 0.1) is 6.54 Å². The molecule has 1 aromatic carbocycles. The van der Waals surface area contributed by atoms with Crippen molar-refractivity contribution in [1.82, 2.24) is 15.2 Å². The molecule has 1 aromatic heterocycles. The fourth-order valence-electron chi connectivity index (χ4n) is 3.82. The average Bonchev–Trinajstić information content (AvgIpc) is 3.08. The van der Waals surface area contributed by atoms with Crippen molar-refractivity contribution < 1.29 is 9.53 Å². The van der Waals surface area contributed by atoms with Gasteiger partial charge in [0.1, 0.15) is 10.8 Å². The van der Waals surface area contributed by atoms with Crippen LogP contribution in [0.1, 0.15) is 24.3 Å². The highest BCUT2D eigenvalue weighted by molar-refractivity contribution is 7.09. The molecule has 5 nitrogen and oxygen atoms in total. The van der Waals surface area contributed by atoms with Crippen LogP contribution in [0, 0.1) is 5.41 Å². The van der Waals surface area contributed by atoms with Gasteiger partial charge >= 0.3 is 0 Å². The number of nitrogens with one attached hydrogen (secondary N) is 1. The van der Waals surface area contributed by atoms with E-state index in [2.05, 4.69) is 10.3 Å². The average molecular weight is 357 g/mol. The van der Waals surface area contributed by atoms with Crippen LogP contribution in [0.15, 0.2) is 41.9 Å². The second kappa shape index (κ2) is 7.14. The SMILES string of the molecule is O=C(COc1ccccc1)N(Cc1nccs1)C1CC12CCNCC2. The molecule has 1 spiro atoms. The third-order valence-electron chi connectivity index (χ3n) is 5.34. The number of hydrogen-bond donors (Lipinski definition) is 1. The number of rotatable bonds is 6. The minimum atomic E-state index is 0.0551. The Morgan fingerprint density at radius 2 is 2.12 bits per heavy atom. The number of ether oxygens (including phenoxy) is 1. The van der Waals surface area contributed by atoms with E-state index in [1.54, 1.807) is 17.5 Å². The molecule has 0 radical (unpaired) electrons. The summed E-state index contributed by atoms with van der Waals surface area (Å²) in [5.41, 5.74) is 0.310. The van der Waals surface area contributed by atoms with Gasteiger partial charge in [0.25, 0.3) is 5.91 Å². The summed E-state index contributed by atoms with van der Waals surface area (Å²) < 4.78 is 5.70. The quantitative estimate of drug-likeness (QED) is 0.864. The van der Waals surface area contributed by atoms with Crippen LogP contribution in [0.3, 0.4) is 0 Å². The van der Waals surface area contributed by atoms with Crippen LogP contribution < -0.4 is 10.1 Å². The Balaban J connectivity index is 1.44. The van der Waals surface area contributed by atoms with Gasteiger partial charge in [-0.2, -0.15) is 0 Å². The van der Waals surface area contributed by atoms with Gasteiger partial charge < -0.3 is 15.0 Å². The van der Waals surface area contributed by atoms with Crippen molar-refractivity contribution in [1.29, 1.82) is 0 Å². The Bertz CT molecular complexity index is 699. The van der Waals surface area contributed by atoms with E-state index < -0.39 is 0 Å². The summed E-state index contributed by atoms with van der Waals surface area (Å²) in [6.45, 7) is 2.78. The first-order valence-corrected chi connectivity index (χ1v) is 9.71. The predicted molar refractivity (Wildman–Crippen MR) is 97.5 cm³/mol. The number of thiazole rings is 1. The molecule has 1 aliphatic carbocycles. The summed E-state index contributed by atoms with van der Waals surface area (Å²) in [7, 11) is 0. The summed E-state index contributed by atoms with van der Waals surface area (Å²) in [5.74, 6) is 0.789. The zero-order valence-corrected chi connectivity index (χ0v) is 15.0. The lowest BCUT2D eigenvalue weighted by Gasteiger charge is -2.29. The van der Waals surface area contributed by atoms with E-state index in [-0.39, 0.29) is 12.5 Å². The highest BCUT2D eigenvalue weighted by Crippen LogP contribution is 2.56. The van der Waals surface area contributed by atoms with Crippen LogP contribution in [-0.2, 0) is 11.3 Å². The molecule has 1 saturated heterocycles. The van der Waals surface area contributed by atoms with Gasteiger partial charge in [0.15, 0.2) is 6.61 Å². The minimum absolute atomic E-state index is 0.0551. The van der Waals surface area contributed by atoms with E-state index in [0.717, 1.165) is 43.1 Å². The van der Waals surface area contributed by atoms with Crippen LogP contribution in [0.5, 0.6) is 5.75 Å². The number of carbonyl (C=O) groups is 1. The molecule has 1 unspecified atom stereocenters. The van der Waals surface area contributed by atoms with Gasteiger partial charge in [-0.15, -0.1) is 11.3 Å². The Morgan fingerprint density at radius 1 is 1.32 bits per heavy atom. The Morgan fingerprint density at radius 3 is 2.84 bits per heavy atom. The summed E-state index contributed by atoms with van der Waals surface area (Å²) >= 11 is 1.61. The summed E-state index contributed by atoms with van der Waals surface area (Å²) in [4.78, 5) is 19.3. The molecule has 6 heteroatoms. The summed E-state index contributed by atoms with van der Waals surface area (Å²) in [6, 6.07) is 9.85. The number of hydrogen-bond acceptors (Lipinski definition) is 5. The van der Waals surface area contributed by atoms with Crippen molar-refractivity contribution >= 4 is 17.2 Å². The number of piperidine rings is 1. The van der Waals surface area contributed by atoms with Gasteiger partial charge in [-0.05, 0) is 49.9 Å². The molecule has 1 saturated carbocycles. The zero-order valence-electron chi connectivity index (χ0n) is 14.2. The van der Waals surface area contributed by atoms with Crippen molar-refractivity contribution in [2.45, 2.75) is 31.8 Å². The molecule has 1 N–H and O–H groups in total. The number of aromatic nitrogens is 1. The summed E-state index contributed by atoms with van der Waals surface area (Å²) in [6.07, 6.45) is 5.21. The largest absolute Gasteiger partial charge is 0.484 e. The molecular weight excluding hydrogens is 334 g/mol. The molecule has 1 aliphatic heterocycles. The van der Waals surface area contributed by atoms with E-state index in [1.165, 1.54) is 0 Å². The molecule has 2 fully saturated rings. The number of benzene rings is 1. The lowest BCUT2D eigenvalue weighted by atomic mass is 9.93. The first-order valence-electron chi connectivity index (χ1n) is 8.83. The van der Waals surface area contributed by atoms with Crippen LogP contribution >= 0.6 is 11.3 Å². The molecule has 132 valence electrons. The smallest absolute Gasteiger partial charge is 0.261 e. The Labute approximate surface area is 152 Å². The molecule has 0 bridgehead atoms. The first-order chi connectivity index (χ1) is 12.3. The van der Waals surface area contributed by atoms with Crippen molar-refractivity contribution in [2.24, 2.45) is 5.41 Å². The van der Waals surface area contributed by atoms with Crippen molar-refractivity contribution in [3.05, 3.63) is 46.9 Å². The minimum Gasteiger partial charge on any atom is -0.484 e. The lowest BCUT2D eigenvalue weighted by Crippen LogP contribution is -2.41.